The van der Waals surface area contributed by atoms with Crippen LogP contribution in [0.3, 0.4) is 0 Å². The first-order chi connectivity index (χ1) is 9.63. The van der Waals surface area contributed by atoms with Crippen molar-refractivity contribution in [2.24, 2.45) is 7.05 Å². The Morgan fingerprint density at radius 3 is 2.85 bits per heavy atom. The van der Waals surface area contributed by atoms with Gasteiger partial charge >= 0.3 is 0 Å². The number of imidazole rings is 1. The summed E-state index contributed by atoms with van der Waals surface area (Å²) in [7, 11) is 1.96. The first-order valence-corrected chi connectivity index (χ1v) is 7.14. The lowest BCUT2D eigenvalue weighted by Gasteiger charge is -2.20. The molecule has 1 aromatic heterocycles. The van der Waals surface area contributed by atoms with Crippen molar-refractivity contribution < 1.29 is 4.39 Å². The molecule has 20 heavy (non-hydrogen) atoms. The van der Waals surface area contributed by atoms with E-state index in [2.05, 4.69) is 10.3 Å². The number of benzene rings is 1. The zero-order chi connectivity index (χ0) is 14.5. The molecule has 0 aliphatic rings. The molecule has 2 aromatic rings. The van der Waals surface area contributed by atoms with Crippen LogP contribution < -0.4 is 5.32 Å². The number of hydrogen-bond acceptors (Lipinski definition) is 2. The second kappa shape index (κ2) is 6.86. The lowest BCUT2D eigenvalue weighted by Crippen LogP contribution is -2.23. The van der Waals surface area contributed by atoms with E-state index < -0.39 is 0 Å². The van der Waals surface area contributed by atoms with Crippen LogP contribution in [0.15, 0.2) is 30.6 Å². The zero-order valence-electron chi connectivity index (χ0n) is 11.7. The van der Waals surface area contributed by atoms with Gasteiger partial charge in [-0.15, -0.1) is 0 Å². The van der Waals surface area contributed by atoms with E-state index in [1.165, 1.54) is 6.07 Å². The van der Waals surface area contributed by atoms with E-state index in [0.29, 0.717) is 10.6 Å². The van der Waals surface area contributed by atoms with Gasteiger partial charge in [0.15, 0.2) is 0 Å². The molecular formula is C15H19ClFN3. The SMILES string of the molecule is CCNC(CCc1nccn1C)c1c(F)cccc1Cl. The summed E-state index contributed by atoms with van der Waals surface area (Å²) in [4.78, 5) is 4.29. The van der Waals surface area contributed by atoms with Gasteiger partial charge in [0.1, 0.15) is 11.6 Å². The van der Waals surface area contributed by atoms with Crippen molar-refractivity contribution in [1.29, 1.82) is 0 Å². The van der Waals surface area contributed by atoms with Gasteiger partial charge in [-0.05, 0) is 25.1 Å². The molecule has 0 aliphatic carbocycles. The van der Waals surface area contributed by atoms with E-state index in [-0.39, 0.29) is 11.9 Å². The highest BCUT2D eigenvalue weighted by Crippen LogP contribution is 2.28. The molecule has 1 heterocycles. The molecule has 0 saturated carbocycles. The molecule has 0 aliphatic heterocycles. The van der Waals surface area contributed by atoms with Crippen molar-refractivity contribution in [1.82, 2.24) is 14.9 Å². The first kappa shape index (κ1) is 15.0. The molecule has 108 valence electrons. The van der Waals surface area contributed by atoms with Gasteiger partial charge in [-0.25, -0.2) is 9.37 Å². The minimum absolute atomic E-state index is 0.106. The van der Waals surface area contributed by atoms with Crippen LogP contribution in [0.2, 0.25) is 5.02 Å². The van der Waals surface area contributed by atoms with Crippen LogP contribution in [-0.4, -0.2) is 16.1 Å². The Balaban J connectivity index is 2.17. The third-order valence-electron chi connectivity index (χ3n) is 3.38. The number of nitrogens with one attached hydrogen (secondary N) is 1. The highest BCUT2D eigenvalue weighted by molar-refractivity contribution is 6.31. The van der Waals surface area contributed by atoms with Crippen LogP contribution in [0.4, 0.5) is 4.39 Å². The Kier molecular flexibility index (Phi) is 5.15. The summed E-state index contributed by atoms with van der Waals surface area (Å²) in [5.74, 6) is 0.726. The zero-order valence-corrected chi connectivity index (χ0v) is 12.5. The summed E-state index contributed by atoms with van der Waals surface area (Å²) in [6.07, 6.45) is 5.20. The molecule has 3 nitrogen and oxygen atoms in total. The molecule has 2 rings (SSSR count). The van der Waals surface area contributed by atoms with Crippen molar-refractivity contribution >= 4 is 11.6 Å². The minimum atomic E-state index is -0.261. The lowest BCUT2D eigenvalue weighted by molar-refractivity contribution is 0.479. The van der Waals surface area contributed by atoms with Crippen LogP contribution in [0, 0.1) is 5.82 Å². The Bertz CT molecular complexity index is 548. The first-order valence-electron chi connectivity index (χ1n) is 6.77. The molecule has 0 saturated heterocycles. The van der Waals surface area contributed by atoms with Gasteiger partial charge in [-0.2, -0.15) is 0 Å². The summed E-state index contributed by atoms with van der Waals surface area (Å²) in [5.41, 5.74) is 0.547. The molecule has 0 spiro atoms. The molecule has 1 atom stereocenters. The van der Waals surface area contributed by atoms with Gasteiger partial charge in [-0.1, -0.05) is 24.6 Å². The predicted molar refractivity (Wildman–Crippen MR) is 79.4 cm³/mol. The molecule has 1 aromatic carbocycles. The Labute approximate surface area is 123 Å². The molecule has 1 N–H and O–H groups in total. The van der Waals surface area contributed by atoms with Crippen LogP contribution in [0.5, 0.6) is 0 Å². The topological polar surface area (TPSA) is 29.9 Å². The van der Waals surface area contributed by atoms with Crippen molar-refractivity contribution in [3.05, 3.63) is 52.8 Å². The second-order valence-electron chi connectivity index (χ2n) is 4.74. The summed E-state index contributed by atoms with van der Waals surface area (Å²) in [5, 5.41) is 3.77. The quantitative estimate of drug-likeness (QED) is 0.884. The standard InChI is InChI=1S/C15H19ClFN3/c1-3-18-13(7-8-14-19-9-10-20(14)2)15-11(16)5-4-6-12(15)17/h4-6,9-10,13,18H,3,7-8H2,1-2H3. The van der Waals surface area contributed by atoms with Gasteiger partial charge in [0.2, 0.25) is 0 Å². The molecule has 1 unspecified atom stereocenters. The number of aromatic nitrogens is 2. The van der Waals surface area contributed by atoms with Crippen molar-refractivity contribution in [2.45, 2.75) is 25.8 Å². The summed E-state index contributed by atoms with van der Waals surface area (Å²) in [6.45, 7) is 2.76. The van der Waals surface area contributed by atoms with Crippen molar-refractivity contribution in [2.75, 3.05) is 6.54 Å². The number of rotatable bonds is 6. The summed E-state index contributed by atoms with van der Waals surface area (Å²) in [6, 6.07) is 4.70. The van der Waals surface area contributed by atoms with Crippen LogP contribution in [0.1, 0.15) is 30.8 Å². The number of halogens is 2. The minimum Gasteiger partial charge on any atom is -0.338 e. The van der Waals surface area contributed by atoms with Gasteiger partial charge in [0.25, 0.3) is 0 Å². The molecule has 5 heteroatoms. The Morgan fingerprint density at radius 2 is 2.25 bits per heavy atom. The van der Waals surface area contributed by atoms with Gasteiger partial charge in [-0.3, -0.25) is 0 Å². The van der Waals surface area contributed by atoms with Crippen molar-refractivity contribution in [3.8, 4) is 0 Å². The van der Waals surface area contributed by atoms with E-state index >= 15 is 0 Å². The number of nitrogens with zero attached hydrogens (tertiary/aromatic N) is 2. The normalized spacial score (nSPS) is 12.6. The van der Waals surface area contributed by atoms with Crippen LogP contribution >= 0.6 is 11.6 Å². The Morgan fingerprint density at radius 1 is 1.45 bits per heavy atom. The second-order valence-corrected chi connectivity index (χ2v) is 5.15. The molecule has 0 amide bonds. The molecule has 0 radical (unpaired) electrons. The maximum Gasteiger partial charge on any atom is 0.129 e. The van der Waals surface area contributed by atoms with Gasteiger partial charge in [0.05, 0.1) is 0 Å². The van der Waals surface area contributed by atoms with E-state index in [0.717, 1.165) is 25.2 Å². The fourth-order valence-corrected chi connectivity index (χ4v) is 2.64. The summed E-state index contributed by atoms with van der Waals surface area (Å²) < 4.78 is 16.0. The molecule has 0 fully saturated rings. The van der Waals surface area contributed by atoms with Gasteiger partial charge < -0.3 is 9.88 Å². The number of hydrogen-bond donors (Lipinski definition) is 1. The summed E-state index contributed by atoms with van der Waals surface area (Å²) >= 11 is 6.15. The Hall–Kier alpha value is -1.39. The van der Waals surface area contributed by atoms with Crippen LogP contribution in [0.25, 0.3) is 0 Å². The smallest absolute Gasteiger partial charge is 0.129 e. The van der Waals surface area contributed by atoms with Crippen molar-refractivity contribution in [3.63, 3.8) is 0 Å². The maximum atomic E-state index is 14.0. The van der Waals surface area contributed by atoms with E-state index in [1.807, 2.05) is 24.7 Å². The largest absolute Gasteiger partial charge is 0.338 e. The molecule has 0 bridgehead atoms. The maximum absolute atomic E-state index is 14.0. The number of aryl methyl sites for hydroxylation is 2. The average molecular weight is 296 g/mol. The van der Waals surface area contributed by atoms with E-state index in [9.17, 15) is 4.39 Å². The third-order valence-corrected chi connectivity index (χ3v) is 3.71. The highest BCUT2D eigenvalue weighted by atomic mass is 35.5. The third kappa shape index (κ3) is 3.38. The monoisotopic (exact) mass is 295 g/mol. The fraction of sp³-hybridized carbons (Fsp3) is 0.400. The molecular weight excluding hydrogens is 277 g/mol. The predicted octanol–water partition coefficient (Wildman–Crippen LogP) is 3.50. The fourth-order valence-electron chi connectivity index (χ4n) is 2.35. The van der Waals surface area contributed by atoms with E-state index in [1.54, 1.807) is 18.3 Å². The van der Waals surface area contributed by atoms with E-state index in [4.69, 9.17) is 11.6 Å². The average Bonchev–Trinajstić information content (AvgIpc) is 2.81. The van der Waals surface area contributed by atoms with Crippen LogP contribution in [-0.2, 0) is 13.5 Å². The highest BCUT2D eigenvalue weighted by Gasteiger charge is 2.18. The lowest BCUT2D eigenvalue weighted by atomic mass is 10.0. The van der Waals surface area contributed by atoms with Gasteiger partial charge in [0, 0.05) is 42.5 Å².